The summed E-state index contributed by atoms with van der Waals surface area (Å²) >= 11 is 0. The summed E-state index contributed by atoms with van der Waals surface area (Å²) in [4.78, 5) is 12.4. The predicted molar refractivity (Wildman–Crippen MR) is 87.8 cm³/mol. The molecule has 24 heavy (non-hydrogen) atoms. The van der Waals surface area contributed by atoms with E-state index in [0.29, 0.717) is 12.8 Å². The lowest BCUT2D eigenvalue weighted by Crippen LogP contribution is -2.38. The summed E-state index contributed by atoms with van der Waals surface area (Å²) in [7, 11) is 0. The van der Waals surface area contributed by atoms with E-state index in [1.165, 1.54) is 6.08 Å². The molecule has 6 unspecified atom stereocenters. The lowest BCUT2D eigenvalue weighted by atomic mass is 9.80. The minimum Gasteiger partial charge on any atom is -0.462 e. The standard InChI is InChI=1S/C18H26O6/c1-11-5-2-9-14(20)17(22)15(21)10-4-7-12-6-3-8-13(19)16(12)18(23)24-11/h2-4,7-9,11-17,19-22H,5-6,10H2,1H3/b7-4+,9-2-/t11?,12?,13?,14?,15-,16?,17?/m0/s1. The molecule has 0 spiro atoms. The van der Waals surface area contributed by atoms with Gasteiger partial charge in [-0.1, -0.05) is 36.5 Å². The lowest BCUT2D eigenvalue weighted by Gasteiger charge is -2.30. The van der Waals surface area contributed by atoms with Crippen LogP contribution >= 0.6 is 0 Å². The van der Waals surface area contributed by atoms with Crippen LogP contribution in [0.25, 0.3) is 0 Å². The topological polar surface area (TPSA) is 107 Å². The zero-order chi connectivity index (χ0) is 17.7. The number of aliphatic hydroxyl groups is 4. The first-order valence-electron chi connectivity index (χ1n) is 8.33. The van der Waals surface area contributed by atoms with Gasteiger partial charge in [-0.3, -0.25) is 4.79 Å². The van der Waals surface area contributed by atoms with Gasteiger partial charge < -0.3 is 25.2 Å². The molecule has 0 aromatic carbocycles. The summed E-state index contributed by atoms with van der Waals surface area (Å²) in [5.41, 5.74) is 0. The average molecular weight is 338 g/mol. The van der Waals surface area contributed by atoms with Crippen molar-refractivity contribution in [3.8, 4) is 0 Å². The molecule has 4 N–H and O–H groups in total. The number of ether oxygens (including phenoxy) is 1. The summed E-state index contributed by atoms with van der Waals surface area (Å²) in [6.45, 7) is 1.72. The number of allylic oxidation sites excluding steroid dienone is 2. The van der Waals surface area contributed by atoms with Gasteiger partial charge in [0.2, 0.25) is 0 Å². The van der Waals surface area contributed by atoms with E-state index in [0.717, 1.165) is 0 Å². The van der Waals surface area contributed by atoms with Crippen LogP contribution in [-0.2, 0) is 9.53 Å². The third-order valence-electron chi connectivity index (χ3n) is 4.47. The van der Waals surface area contributed by atoms with Gasteiger partial charge >= 0.3 is 5.97 Å². The molecule has 0 saturated carbocycles. The Morgan fingerprint density at radius 3 is 2.29 bits per heavy atom. The Morgan fingerprint density at radius 2 is 1.54 bits per heavy atom. The highest BCUT2D eigenvalue weighted by Gasteiger charge is 2.36. The minimum absolute atomic E-state index is 0.139. The first kappa shape index (κ1) is 18.9. The molecular weight excluding hydrogens is 312 g/mol. The Morgan fingerprint density at radius 1 is 0.917 bits per heavy atom. The van der Waals surface area contributed by atoms with Gasteiger partial charge in [0.05, 0.1) is 18.1 Å². The van der Waals surface area contributed by atoms with Crippen molar-refractivity contribution in [2.24, 2.45) is 11.8 Å². The average Bonchev–Trinajstić information content (AvgIpc) is 2.52. The van der Waals surface area contributed by atoms with E-state index < -0.39 is 42.4 Å². The first-order chi connectivity index (χ1) is 11.4. The monoisotopic (exact) mass is 338 g/mol. The molecule has 6 nitrogen and oxygen atoms in total. The van der Waals surface area contributed by atoms with Crippen molar-refractivity contribution in [2.45, 2.75) is 56.7 Å². The van der Waals surface area contributed by atoms with Crippen LogP contribution in [0.2, 0.25) is 0 Å². The maximum atomic E-state index is 12.4. The van der Waals surface area contributed by atoms with E-state index in [1.54, 1.807) is 31.2 Å². The highest BCUT2D eigenvalue weighted by Crippen LogP contribution is 2.29. The van der Waals surface area contributed by atoms with Gasteiger partial charge in [0.25, 0.3) is 0 Å². The van der Waals surface area contributed by atoms with Crippen molar-refractivity contribution in [3.63, 3.8) is 0 Å². The summed E-state index contributed by atoms with van der Waals surface area (Å²) in [6.07, 6.45) is 5.98. The molecular formula is C18H26O6. The molecule has 7 atom stereocenters. The number of aliphatic hydroxyl groups excluding tert-OH is 4. The summed E-state index contributed by atoms with van der Waals surface area (Å²) in [6, 6.07) is 0. The van der Waals surface area contributed by atoms with Crippen molar-refractivity contribution < 1.29 is 30.0 Å². The summed E-state index contributed by atoms with van der Waals surface area (Å²) < 4.78 is 5.41. The van der Waals surface area contributed by atoms with Gasteiger partial charge in [0, 0.05) is 6.42 Å². The quantitative estimate of drug-likeness (QED) is 0.378. The molecule has 0 bridgehead atoms. The smallest absolute Gasteiger partial charge is 0.312 e. The van der Waals surface area contributed by atoms with Gasteiger partial charge in [-0.2, -0.15) is 0 Å². The Hall–Kier alpha value is -1.47. The maximum Gasteiger partial charge on any atom is 0.312 e. The number of rotatable bonds is 0. The Labute approximate surface area is 141 Å². The lowest BCUT2D eigenvalue weighted by molar-refractivity contribution is -0.158. The Kier molecular flexibility index (Phi) is 6.74. The minimum atomic E-state index is -1.29. The van der Waals surface area contributed by atoms with Crippen molar-refractivity contribution in [1.82, 2.24) is 0 Å². The van der Waals surface area contributed by atoms with Crippen LogP contribution in [-0.4, -0.2) is 56.9 Å². The van der Waals surface area contributed by atoms with Crippen LogP contribution in [0.5, 0.6) is 0 Å². The molecule has 1 heterocycles. The number of hydrogen-bond donors (Lipinski definition) is 4. The van der Waals surface area contributed by atoms with E-state index >= 15 is 0 Å². The second kappa shape index (κ2) is 8.58. The molecule has 0 amide bonds. The largest absolute Gasteiger partial charge is 0.462 e. The van der Waals surface area contributed by atoms with Gasteiger partial charge in [-0.25, -0.2) is 0 Å². The summed E-state index contributed by atoms with van der Waals surface area (Å²) in [5.74, 6) is -1.38. The molecule has 6 heteroatoms. The van der Waals surface area contributed by atoms with Gasteiger partial charge in [-0.05, 0) is 25.7 Å². The number of carbonyl (C=O) groups excluding carboxylic acids is 1. The van der Waals surface area contributed by atoms with Crippen LogP contribution in [0.3, 0.4) is 0 Å². The third-order valence-corrected chi connectivity index (χ3v) is 4.47. The first-order valence-corrected chi connectivity index (χ1v) is 8.33. The molecule has 0 fully saturated rings. The Balaban J connectivity index is 2.22. The second-order valence-corrected chi connectivity index (χ2v) is 6.47. The molecule has 134 valence electrons. The van der Waals surface area contributed by atoms with E-state index in [1.807, 2.05) is 6.08 Å². The molecule has 2 rings (SSSR count). The van der Waals surface area contributed by atoms with Crippen molar-refractivity contribution >= 4 is 5.97 Å². The van der Waals surface area contributed by atoms with Crippen LogP contribution in [0.1, 0.15) is 26.2 Å². The van der Waals surface area contributed by atoms with Crippen LogP contribution in [0.15, 0.2) is 36.5 Å². The normalized spacial score (nSPS) is 44.0. The van der Waals surface area contributed by atoms with Crippen LogP contribution < -0.4 is 0 Å². The molecule has 0 aromatic rings. The van der Waals surface area contributed by atoms with E-state index in [2.05, 4.69) is 0 Å². The molecule has 1 aliphatic carbocycles. The molecule has 2 aliphatic rings. The number of carbonyl (C=O) groups is 1. The molecule has 0 aromatic heterocycles. The predicted octanol–water partition coefficient (Wildman–Crippen LogP) is 0.460. The highest BCUT2D eigenvalue weighted by atomic mass is 16.5. The fourth-order valence-corrected chi connectivity index (χ4v) is 3.02. The third kappa shape index (κ3) is 4.77. The number of fused-ring (bicyclic) bond motifs is 1. The van der Waals surface area contributed by atoms with Crippen LogP contribution in [0, 0.1) is 11.8 Å². The van der Waals surface area contributed by atoms with Gasteiger partial charge in [-0.15, -0.1) is 0 Å². The van der Waals surface area contributed by atoms with Crippen molar-refractivity contribution in [2.75, 3.05) is 0 Å². The maximum absolute atomic E-state index is 12.4. The van der Waals surface area contributed by atoms with Crippen LogP contribution in [0.4, 0.5) is 0 Å². The highest BCUT2D eigenvalue weighted by molar-refractivity contribution is 5.74. The molecule has 0 radical (unpaired) electrons. The Bertz CT molecular complexity index is 512. The molecule has 1 aliphatic heterocycles. The van der Waals surface area contributed by atoms with E-state index in [-0.39, 0.29) is 12.3 Å². The van der Waals surface area contributed by atoms with E-state index in [9.17, 15) is 25.2 Å². The number of cyclic esters (lactones) is 1. The zero-order valence-corrected chi connectivity index (χ0v) is 13.7. The molecule has 0 saturated heterocycles. The van der Waals surface area contributed by atoms with E-state index in [4.69, 9.17) is 4.74 Å². The van der Waals surface area contributed by atoms with Crippen molar-refractivity contribution in [3.05, 3.63) is 36.5 Å². The fourth-order valence-electron chi connectivity index (χ4n) is 3.02. The SMILES string of the molecule is CC1C/C=C\C(O)C(O)[C@@H](O)C/C=C/C2CC=CC(O)C2C(=O)O1. The number of esters is 1. The zero-order valence-electron chi connectivity index (χ0n) is 13.7. The fraction of sp³-hybridized carbons (Fsp3) is 0.611. The van der Waals surface area contributed by atoms with Gasteiger partial charge in [0.15, 0.2) is 0 Å². The van der Waals surface area contributed by atoms with Crippen molar-refractivity contribution in [1.29, 1.82) is 0 Å². The summed E-state index contributed by atoms with van der Waals surface area (Å²) in [5, 5.41) is 39.9. The number of hydrogen-bond acceptors (Lipinski definition) is 6. The second-order valence-electron chi connectivity index (χ2n) is 6.47. The van der Waals surface area contributed by atoms with Gasteiger partial charge in [0.1, 0.15) is 18.3 Å².